The van der Waals surface area contributed by atoms with E-state index < -0.39 is 11.8 Å². The summed E-state index contributed by atoms with van der Waals surface area (Å²) in [6.07, 6.45) is 2.08. The number of amides is 2. The Balaban J connectivity index is 1.67. The van der Waals surface area contributed by atoms with Crippen molar-refractivity contribution in [1.82, 2.24) is 14.8 Å². The molecule has 0 spiro atoms. The lowest BCUT2D eigenvalue weighted by Crippen LogP contribution is -2.40. The van der Waals surface area contributed by atoms with E-state index in [9.17, 15) is 9.59 Å². The van der Waals surface area contributed by atoms with Crippen molar-refractivity contribution in [2.45, 2.75) is 6.04 Å². The molecule has 0 saturated heterocycles. The molecule has 0 aliphatic rings. The number of rotatable bonds is 6. The smallest absolute Gasteiger partial charge is 0.313 e. The van der Waals surface area contributed by atoms with Crippen molar-refractivity contribution >= 4 is 34.1 Å². The van der Waals surface area contributed by atoms with Gasteiger partial charge in [-0.25, -0.2) is 0 Å². The van der Waals surface area contributed by atoms with Gasteiger partial charge in [-0.1, -0.05) is 18.2 Å². The van der Waals surface area contributed by atoms with E-state index in [2.05, 4.69) is 33.5 Å². The van der Waals surface area contributed by atoms with Gasteiger partial charge in [0.05, 0.1) is 6.04 Å². The Hall–Kier alpha value is -3.32. The molecule has 7 heteroatoms. The first-order valence-electron chi connectivity index (χ1n) is 9.85. The molecule has 0 fully saturated rings. The molecule has 2 N–H and O–H groups in total. The van der Waals surface area contributed by atoms with Crippen LogP contribution in [0.3, 0.4) is 0 Å². The van der Waals surface area contributed by atoms with Gasteiger partial charge in [0.15, 0.2) is 0 Å². The van der Waals surface area contributed by atoms with Crippen LogP contribution in [0.4, 0.5) is 11.4 Å². The zero-order chi connectivity index (χ0) is 21.8. The number of aromatic nitrogens is 1. The number of hydrogen-bond acceptors (Lipinski definition) is 4. The van der Waals surface area contributed by atoms with E-state index in [4.69, 9.17) is 0 Å². The van der Waals surface area contributed by atoms with Crippen molar-refractivity contribution in [2.24, 2.45) is 7.05 Å². The first-order chi connectivity index (χ1) is 14.3. The number of fused-ring (bicyclic) bond motifs is 1. The lowest BCUT2D eigenvalue weighted by atomic mass is 10.0. The summed E-state index contributed by atoms with van der Waals surface area (Å²) in [5.41, 5.74) is 3.84. The largest absolute Gasteiger partial charge is 0.378 e. The quantitative estimate of drug-likeness (QED) is 0.617. The molecule has 158 valence electrons. The summed E-state index contributed by atoms with van der Waals surface area (Å²) in [6.45, 7) is 0.326. The van der Waals surface area contributed by atoms with Gasteiger partial charge >= 0.3 is 11.8 Å². The second-order valence-corrected chi connectivity index (χ2v) is 7.80. The summed E-state index contributed by atoms with van der Waals surface area (Å²) in [5, 5.41) is 6.56. The molecule has 3 rings (SSSR count). The maximum atomic E-state index is 12.4. The molecule has 1 aromatic heterocycles. The number of carbonyl (C=O) groups is 2. The van der Waals surface area contributed by atoms with E-state index in [-0.39, 0.29) is 6.04 Å². The normalized spacial score (nSPS) is 12.1. The van der Waals surface area contributed by atoms with Crippen LogP contribution in [0, 0.1) is 0 Å². The molecular weight excluding hydrogens is 378 g/mol. The minimum absolute atomic E-state index is 0.0628. The average Bonchev–Trinajstić information content (AvgIpc) is 3.05. The SMILES string of the molecule is CN(C)c1ccc(NC(=O)C(=O)NCC(c2cn(C)c3ccccc23)N(C)C)cc1. The first-order valence-corrected chi connectivity index (χ1v) is 9.85. The molecule has 0 aliphatic carbocycles. The average molecular weight is 408 g/mol. The molecule has 0 saturated carbocycles. The van der Waals surface area contributed by atoms with E-state index >= 15 is 0 Å². The summed E-state index contributed by atoms with van der Waals surface area (Å²) in [4.78, 5) is 28.7. The van der Waals surface area contributed by atoms with Crippen LogP contribution < -0.4 is 15.5 Å². The Morgan fingerprint density at radius 2 is 1.63 bits per heavy atom. The number of nitrogens with zero attached hydrogens (tertiary/aromatic N) is 3. The van der Waals surface area contributed by atoms with E-state index in [0.29, 0.717) is 12.2 Å². The van der Waals surface area contributed by atoms with Crippen molar-refractivity contribution < 1.29 is 9.59 Å². The predicted molar refractivity (Wildman–Crippen MR) is 122 cm³/mol. The Bertz CT molecular complexity index is 1040. The standard InChI is InChI=1S/C23H29N5O2/c1-26(2)17-12-10-16(11-13-17)25-23(30)22(29)24-14-21(27(3)4)19-15-28(5)20-9-7-6-8-18(19)20/h6-13,15,21H,14H2,1-5H3,(H,24,29)(H,25,30). The van der Waals surface area contributed by atoms with Gasteiger partial charge < -0.3 is 25.0 Å². The van der Waals surface area contributed by atoms with Gasteiger partial charge in [-0.15, -0.1) is 0 Å². The summed E-state index contributed by atoms with van der Waals surface area (Å²) < 4.78 is 2.08. The second-order valence-electron chi connectivity index (χ2n) is 7.80. The fraction of sp³-hybridized carbons (Fsp3) is 0.304. The topological polar surface area (TPSA) is 69.6 Å². The number of benzene rings is 2. The van der Waals surface area contributed by atoms with E-state index in [1.807, 2.05) is 69.3 Å². The Morgan fingerprint density at radius 1 is 0.967 bits per heavy atom. The van der Waals surface area contributed by atoms with Crippen molar-refractivity contribution in [3.05, 3.63) is 60.3 Å². The zero-order valence-corrected chi connectivity index (χ0v) is 18.1. The Kier molecular flexibility index (Phi) is 6.42. The molecule has 2 aromatic carbocycles. The summed E-state index contributed by atoms with van der Waals surface area (Å²) in [6, 6.07) is 15.4. The minimum atomic E-state index is -0.678. The highest BCUT2D eigenvalue weighted by molar-refractivity contribution is 6.39. The lowest BCUT2D eigenvalue weighted by Gasteiger charge is -2.24. The van der Waals surface area contributed by atoms with Crippen LogP contribution in [-0.4, -0.2) is 56.0 Å². The van der Waals surface area contributed by atoms with Gasteiger partial charge in [0.25, 0.3) is 0 Å². The third kappa shape index (κ3) is 4.63. The highest BCUT2D eigenvalue weighted by Crippen LogP contribution is 2.28. The predicted octanol–water partition coefficient (Wildman–Crippen LogP) is 2.60. The van der Waals surface area contributed by atoms with Crippen LogP contribution >= 0.6 is 0 Å². The summed E-state index contributed by atoms with van der Waals surface area (Å²) in [5.74, 6) is -1.33. The summed E-state index contributed by atoms with van der Waals surface area (Å²) in [7, 11) is 9.82. The van der Waals surface area contributed by atoms with Crippen LogP contribution in [-0.2, 0) is 16.6 Å². The number of carbonyl (C=O) groups excluding carboxylic acids is 2. The van der Waals surface area contributed by atoms with Crippen LogP contribution in [0.2, 0.25) is 0 Å². The third-order valence-electron chi connectivity index (χ3n) is 5.21. The fourth-order valence-corrected chi connectivity index (χ4v) is 3.51. The van der Waals surface area contributed by atoms with Crippen LogP contribution in [0.1, 0.15) is 11.6 Å². The number of nitrogens with one attached hydrogen (secondary N) is 2. The number of para-hydroxylation sites is 1. The zero-order valence-electron chi connectivity index (χ0n) is 18.1. The monoisotopic (exact) mass is 407 g/mol. The molecule has 1 unspecified atom stereocenters. The van der Waals surface area contributed by atoms with Crippen LogP contribution in [0.15, 0.2) is 54.7 Å². The van der Waals surface area contributed by atoms with Gasteiger partial charge in [0, 0.05) is 56.2 Å². The van der Waals surface area contributed by atoms with Crippen molar-refractivity contribution in [2.75, 3.05) is 45.0 Å². The molecule has 1 heterocycles. The van der Waals surface area contributed by atoms with Gasteiger partial charge in [0.1, 0.15) is 0 Å². The molecule has 0 bridgehead atoms. The Labute approximate surface area is 177 Å². The highest BCUT2D eigenvalue weighted by atomic mass is 16.2. The van der Waals surface area contributed by atoms with Gasteiger partial charge in [-0.05, 0) is 50.0 Å². The van der Waals surface area contributed by atoms with Crippen LogP contribution in [0.25, 0.3) is 10.9 Å². The molecule has 2 amide bonds. The maximum Gasteiger partial charge on any atom is 0.313 e. The fourth-order valence-electron chi connectivity index (χ4n) is 3.51. The van der Waals surface area contributed by atoms with Crippen molar-refractivity contribution in [3.8, 4) is 0 Å². The molecule has 0 aliphatic heterocycles. The van der Waals surface area contributed by atoms with Crippen LogP contribution in [0.5, 0.6) is 0 Å². The van der Waals surface area contributed by atoms with E-state index in [1.165, 1.54) is 0 Å². The molecule has 1 atom stereocenters. The maximum absolute atomic E-state index is 12.4. The number of aryl methyl sites for hydroxylation is 1. The second kappa shape index (κ2) is 9.00. The van der Waals surface area contributed by atoms with Crippen molar-refractivity contribution in [1.29, 1.82) is 0 Å². The van der Waals surface area contributed by atoms with Gasteiger partial charge in [-0.2, -0.15) is 0 Å². The molecule has 0 radical (unpaired) electrons. The highest BCUT2D eigenvalue weighted by Gasteiger charge is 2.22. The number of hydrogen-bond donors (Lipinski definition) is 2. The third-order valence-corrected chi connectivity index (χ3v) is 5.21. The van der Waals surface area contributed by atoms with Gasteiger partial charge in [-0.3, -0.25) is 9.59 Å². The first kappa shape index (κ1) is 21.4. The van der Waals surface area contributed by atoms with Crippen molar-refractivity contribution in [3.63, 3.8) is 0 Å². The lowest BCUT2D eigenvalue weighted by molar-refractivity contribution is -0.136. The summed E-state index contributed by atoms with van der Waals surface area (Å²) >= 11 is 0. The minimum Gasteiger partial charge on any atom is -0.378 e. The molecule has 3 aromatic rings. The van der Waals surface area contributed by atoms with E-state index in [0.717, 1.165) is 22.2 Å². The molecule has 30 heavy (non-hydrogen) atoms. The Morgan fingerprint density at radius 3 is 2.27 bits per heavy atom. The molecule has 7 nitrogen and oxygen atoms in total. The molecular formula is C23H29N5O2. The van der Waals surface area contributed by atoms with E-state index in [1.54, 1.807) is 12.1 Å². The van der Waals surface area contributed by atoms with Gasteiger partial charge in [0.2, 0.25) is 0 Å². The number of likely N-dealkylation sites (N-methyl/N-ethyl adjacent to an activating group) is 1. The number of anilines is 2.